The second-order valence-corrected chi connectivity index (χ2v) is 6.30. The summed E-state index contributed by atoms with van der Waals surface area (Å²) in [6, 6.07) is 9.68. The van der Waals surface area contributed by atoms with Gasteiger partial charge in [0.15, 0.2) is 0 Å². The topological polar surface area (TPSA) is 20.2 Å². The average Bonchev–Trinajstić information content (AvgIpc) is 2.82. The Labute approximate surface area is 116 Å². The van der Waals surface area contributed by atoms with Gasteiger partial charge < -0.3 is 5.11 Å². The van der Waals surface area contributed by atoms with Crippen LogP contribution in [0.2, 0.25) is 5.02 Å². The highest BCUT2D eigenvalue weighted by Gasteiger charge is 2.20. The SMILES string of the molecule is OC(c1cc2c(s1)CCCC2)c1ccccc1Cl. The minimum Gasteiger partial charge on any atom is -0.383 e. The molecule has 1 aromatic carbocycles. The maximum absolute atomic E-state index is 10.4. The molecule has 1 nitrogen and oxygen atoms in total. The molecule has 18 heavy (non-hydrogen) atoms. The number of halogens is 1. The van der Waals surface area contributed by atoms with Crippen LogP contribution in [0.25, 0.3) is 0 Å². The molecule has 1 atom stereocenters. The molecular weight excluding hydrogens is 264 g/mol. The first-order valence-electron chi connectivity index (χ1n) is 6.29. The van der Waals surface area contributed by atoms with E-state index in [2.05, 4.69) is 6.07 Å². The molecule has 3 rings (SSSR count). The molecule has 3 heteroatoms. The predicted octanol–water partition coefficient (Wildman–Crippen LogP) is 4.36. The zero-order valence-corrected chi connectivity index (χ0v) is 11.6. The van der Waals surface area contributed by atoms with Gasteiger partial charge in [-0.2, -0.15) is 0 Å². The van der Waals surface area contributed by atoms with Gasteiger partial charge in [0.25, 0.3) is 0 Å². The van der Waals surface area contributed by atoms with Gasteiger partial charge in [0, 0.05) is 20.3 Å². The number of hydrogen-bond donors (Lipinski definition) is 1. The lowest BCUT2D eigenvalue weighted by molar-refractivity contribution is 0.224. The van der Waals surface area contributed by atoms with Crippen LogP contribution in [-0.4, -0.2) is 5.11 Å². The zero-order chi connectivity index (χ0) is 12.5. The second kappa shape index (κ2) is 5.04. The van der Waals surface area contributed by atoms with Crippen molar-refractivity contribution in [3.05, 3.63) is 56.2 Å². The summed E-state index contributed by atoms with van der Waals surface area (Å²) in [5.74, 6) is 0. The zero-order valence-electron chi connectivity index (χ0n) is 10.0. The Bertz CT molecular complexity index is 538. The van der Waals surface area contributed by atoms with E-state index in [1.165, 1.54) is 23.3 Å². The Morgan fingerprint density at radius 2 is 1.94 bits per heavy atom. The fourth-order valence-corrected chi connectivity index (χ4v) is 4.00. The summed E-state index contributed by atoms with van der Waals surface area (Å²) < 4.78 is 0. The first kappa shape index (κ1) is 12.2. The molecule has 1 aliphatic rings. The molecule has 1 aromatic heterocycles. The highest BCUT2D eigenvalue weighted by Crippen LogP contribution is 2.36. The van der Waals surface area contributed by atoms with Gasteiger partial charge in [-0.25, -0.2) is 0 Å². The van der Waals surface area contributed by atoms with E-state index in [1.54, 1.807) is 11.3 Å². The molecule has 0 aliphatic heterocycles. The molecule has 1 heterocycles. The number of aryl methyl sites for hydroxylation is 2. The van der Waals surface area contributed by atoms with Crippen LogP contribution in [0.4, 0.5) is 0 Å². The van der Waals surface area contributed by atoms with Crippen LogP contribution in [0, 0.1) is 0 Å². The second-order valence-electron chi connectivity index (χ2n) is 4.73. The van der Waals surface area contributed by atoms with Crippen molar-refractivity contribution in [2.75, 3.05) is 0 Å². The van der Waals surface area contributed by atoms with Crippen molar-refractivity contribution in [3.63, 3.8) is 0 Å². The van der Waals surface area contributed by atoms with Gasteiger partial charge in [-0.15, -0.1) is 11.3 Å². The number of aliphatic hydroxyl groups is 1. The molecule has 0 spiro atoms. The van der Waals surface area contributed by atoms with E-state index in [9.17, 15) is 5.11 Å². The largest absolute Gasteiger partial charge is 0.383 e. The third kappa shape index (κ3) is 2.20. The number of rotatable bonds is 2. The molecule has 0 fully saturated rings. The first-order chi connectivity index (χ1) is 8.75. The molecule has 1 N–H and O–H groups in total. The Morgan fingerprint density at radius 1 is 1.17 bits per heavy atom. The normalized spacial score (nSPS) is 16.3. The maximum Gasteiger partial charge on any atom is 0.115 e. The van der Waals surface area contributed by atoms with E-state index in [-0.39, 0.29) is 0 Å². The summed E-state index contributed by atoms with van der Waals surface area (Å²) in [5, 5.41) is 11.1. The van der Waals surface area contributed by atoms with Crippen LogP contribution in [0.3, 0.4) is 0 Å². The summed E-state index contributed by atoms with van der Waals surface area (Å²) in [5.41, 5.74) is 2.23. The highest BCUT2D eigenvalue weighted by atomic mass is 35.5. The van der Waals surface area contributed by atoms with Gasteiger partial charge in [-0.05, 0) is 43.4 Å². The molecule has 94 valence electrons. The van der Waals surface area contributed by atoms with Crippen LogP contribution >= 0.6 is 22.9 Å². The van der Waals surface area contributed by atoms with Crippen molar-refractivity contribution < 1.29 is 5.11 Å². The van der Waals surface area contributed by atoms with Crippen molar-refractivity contribution in [1.82, 2.24) is 0 Å². The van der Waals surface area contributed by atoms with Crippen LogP contribution in [-0.2, 0) is 12.8 Å². The lowest BCUT2D eigenvalue weighted by Gasteiger charge is -2.10. The summed E-state index contributed by atoms with van der Waals surface area (Å²) in [6.45, 7) is 0. The Kier molecular flexibility index (Phi) is 3.42. The summed E-state index contributed by atoms with van der Waals surface area (Å²) in [6.07, 6.45) is 4.27. The molecular formula is C15H15ClOS. The lowest BCUT2D eigenvalue weighted by atomic mass is 9.98. The summed E-state index contributed by atoms with van der Waals surface area (Å²) in [4.78, 5) is 2.47. The number of thiophene rings is 1. The van der Waals surface area contributed by atoms with Gasteiger partial charge in [0.05, 0.1) is 0 Å². The standard InChI is InChI=1S/C15H15ClOS/c16-12-7-3-2-6-11(12)15(17)14-9-10-5-1-4-8-13(10)18-14/h2-3,6-7,9,15,17H,1,4-5,8H2. The lowest BCUT2D eigenvalue weighted by Crippen LogP contribution is -1.98. The van der Waals surface area contributed by atoms with Crippen molar-refractivity contribution in [1.29, 1.82) is 0 Å². The fourth-order valence-electron chi connectivity index (χ4n) is 2.50. The summed E-state index contributed by atoms with van der Waals surface area (Å²) in [7, 11) is 0. The molecule has 0 bridgehead atoms. The number of aliphatic hydroxyl groups excluding tert-OH is 1. The average molecular weight is 279 g/mol. The Hall–Kier alpha value is -0.830. The minimum absolute atomic E-state index is 0.589. The summed E-state index contributed by atoms with van der Waals surface area (Å²) >= 11 is 7.88. The monoisotopic (exact) mass is 278 g/mol. The van der Waals surface area contributed by atoms with Crippen molar-refractivity contribution >= 4 is 22.9 Å². The van der Waals surface area contributed by atoms with Gasteiger partial charge in [0.2, 0.25) is 0 Å². The third-order valence-corrected chi connectivity index (χ3v) is 5.12. The van der Waals surface area contributed by atoms with Crippen LogP contribution in [0.15, 0.2) is 30.3 Å². The van der Waals surface area contributed by atoms with E-state index >= 15 is 0 Å². The van der Waals surface area contributed by atoms with Crippen LogP contribution in [0.5, 0.6) is 0 Å². The third-order valence-electron chi connectivity index (χ3n) is 3.48. The molecule has 2 aromatic rings. The van der Waals surface area contributed by atoms with Gasteiger partial charge in [-0.1, -0.05) is 29.8 Å². The van der Waals surface area contributed by atoms with Crippen LogP contribution in [0.1, 0.15) is 39.8 Å². The highest BCUT2D eigenvalue weighted by molar-refractivity contribution is 7.12. The molecule has 1 unspecified atom stereocenters. The van der Waals surface area contributed by atoms with Crippen molar-refractivity contribution in [2.45, 2.75) is 31.8 Å². The van der Waals surface area contributed by atoms with E-state index in [0.29, 0.717) is 5.02 Å². The van der Waals surface area contributed by atoms with Gasteiger partial charge in [-0.3, -0.25) is 0 Å². The Balaban J connectivity index is 1.95. The van der Waals surface area contributed by atoms with Crippen molar-refractivity contribution in [2.24, 2.45) is 0 Å². The molecule has 0 radical (unpaired) electrons. The predicted molar refractivity (Wildman–Crippen MR) is 76.5 cm³/mol. The van der Waals surface area contributed by atoms with E-state index in [1.807, 2.05) is 24.3 Å². The van der Waals surface area contributed by atoms with Crippen LogP contribution < -0.4 is 0 Å². The first-order valence-corrected chi connectivity index (χ1v) is 7.49. The van der Waals surface area contributed by atoms with E-state index < -0.39 is 6.10 Å². The fraction of sp³-hybridized carbons (Fsp3) is 0.333. The smallest absolute Gasteiger partial charge is 0.115 e. The number of benzene rings is 1. The van der Waals surface area contributed by atoms with E-state index in [4.69, 9.17) is 11.6 Å². The molecule has 0 saturated carbocycles. The molecule has 0 saturated heterocycles. The Morgan fingerprint density at radius 3 is 2.72 bits per heavy atom. The molecule has 1 aliphatic carbocycles. The van der Waals surface area contributed by atoms with Gasteiger partial charge >= 0.3 is 0 Å². The number of hydrogen-bond acceptors (Lipinski definition) is 2. The van der Waals surface area contributed by atoms with E-state index in [0.717, 1.165) is 23.3 Å². The maximum atomic E-state index is 10.4. The molecule has 0 amide bonds. The van der Waals surface area contributed by atoms with Gasteiger partial charge in [0.1, 0.15) is 6.10 Å². The quantitative estimate of drug-likeness (QED) is 0.865. The number of fused-ring (bicyclic) bond motifs is 1. The minimum atomic E-state index is -0.589. The van der Waals surface area contributed by atoms with Crippen molar-refractivity contribution in [3.8, 4) is 0 Å².